The number of rotatable bonds is 4. The summed E-state index contributed by atoms with van der Waals surface area (Å²) in [6.45, 7) is 1.84. The summed E-state index contributed by atoms with van der Waals surface area (Å²) in [7, 11) is 1.45. The Labute approximate surface area is 101 Å². The van der Waals surface area contributed by atoms with Gasteiger partial charge in [0.05, 0.1) is 13.7 Å². The highest BCUT2D eigenvalue weighted by Crippen LogP contribution is 2.30. The maximum atomic E-state index is 13.5. The van der Waals surface area contributed by atoms with E-state index in [0.29, 0.717) is 6.42 Å². The molecule has 0 saturated carbocycles. The number of aliphatic hydroxyl groups excluding tert-OH is 1. The lowest BCUT2D eigenvalue weighted by Crippen LogP contribution is -2.30. The van der Waals surface area contributed by atoms with E-state index in [-0.39, 0.29) is 23.6 Å². The molecule has 1 fully saturated rings. The van der Waals surface area contributed by atoms with Gasteiger partial charge in [0.2, 0.25) is 0 Å². The Morgan fingerprint density at radius 2 is 2.35 bits per heavy atom. The molecule has 3 nitrogen and oxygen atoms in total. The second kappa shape index (κ2) is 5.02. The minimum absolute atomic E-state index is 0.133. The summed E-state index contributed by atoms with van der Waals surface area (Å²) in [5.74, 6) is -0.0830. The van der Waals surface area contributed by atoms with Gasteiger partial charge in [0.1, 0.15) is 0 Å². The highest BCUT2D eigenvalue weighted by Gasteiger charge is 2.33. The van der Waals surface area contributed by atoms with Crippen molar-refractivity contribution in [2.45, 2.75) is 12.8 Å². The lowest BCUT2D eigenvalue weighted by Gasteiger charge is -2.25. The van der Waals surface area contributed by atoms with Crippen LogP contribution in [-0.4, -0.2) is 31.9 Å². The molecule has 1 heterocycles. The normalized spacial score (nSPS) is 23.9. The van der Waals surface area contributed by atoms with Gasteiger partial charge in [-0.25, -0.2) is 4.39 Å². The largest absolute Gasteiger partial charge is 0.494 e. The maximum Gasteiger partial charge on any atom is 0.165 e. The molecular weight excluding hydrogens is 221 g/mol. The first-order chi connectivity index (χ1) is 8.19. The molecule has 0 aliphatic carbocycles. The molecule has 1 aliphatic rings. The summed E-state index contributed by atoms with van der Waals surface area (Å²) in [4.78, 5) is 0. The molecule has 1 aliphatic heterocycles. The minimum Gasteiger partial charge on any atom is -0.494 e. The van der Waals surface area contributed by atoms with E-state index in [1.807, 2.05) is 6.07 Å². The van der Waals surface area contributed by atoms with Gasteiger partial charge in [0, 0.05) is 12.0 Å². The zero-order chi connectivity index (χ0) is 12.3. The molecule has 17 heavy (non-hydrogen) atoms. The second-order valence-electron chi connectivity index (χ2n) is 4.73. The van der Waals surface area contributed by atoms with Crippen molar-refractivity contribution in [3.63, 3.8) is 0 Å². The number of nitrogens with one attached hydrogen (secondary N) is 1. The molecule has 4 heteroatoms. The van der Waals surface area contributed by atoms with Crippen molar-refractivity contribution in [2.75, 3.05) is 26.8 Å². The molecule has 1 saturated heterocycles. The first-order valence-electron chi connectivity index (χ1n) is 5.83. The van der Waals surface area contributed by atoms with Crippen LogP contribution in [0.5, 0.6) is 5.75 Å². The van der Waals surface area contributed by atoms with E-state index in [9.17, 15) is 9.50 Å². The van der Waals surface area contributed by atoms with Crippen molar-refractivity contribution in [2.24, 2.45) is 5.41 Å². The Bertz CT molecular complexity index is 389. The predicted molar refractivity (Wildman–Crippen MR) is 63.7 cm³/mol. The number of halogens is 1. The van der Waals surface area contributed by atoms with Gasteiger partial charge in [-0.05, 0) is 37.1 Å². The summed E-state index contributed by atoms with van der Waals surface area (Å²) in [5.41, 5.74) is 0.766. The van der Waals surface area contributed by atoms with E-state index >= 15 is 0 Å². The molecule has 94 valence electrons. The molecule has 2 rings (SSSR count). The van der Waals surface area contributed by atoms with Gasteiger partial charge in [-0.2, -0.15) is 0 Å². The molecule has 0 aromatic heterocycles. The average molecular weight is 239 g/mol. The molecule has 1 aromatic carbocycles. The summed E-state index contributed by atoms with van der Waals surface area (Å²) >= 11 is 0. The van der Waals surface area contributed by atoms with Gasteiger partial charge in [0.25, 0.3) is 0 Å². The SMILES string of the molecule is COc1ccc(CC2(CO)CCNC2)cc1F. The maximum absolute atomic E-state index is 13.5. The van der Waals surface area contributed by atoms with E-state index in [2.05, 4.69) is 5.32 Å². The van der Waals surface area contributed by atoms with Crippen LogP contribution in [-0.2, 0) is 6.42 Å². The average Bonchev–Trinajstić information content (AvgIpc) is 2.79. The third kappa shape index (κ3) is 2.58. The summed E-state index contributed by atoms with van der Waals surface area (Å²) in [5, 5.41) is 12.7. The first-order valence-corrected chi connectivity index (χ1v) is 5.83. The smallest absolute Gasteiger partial charge is 0.165 e. The number of ether oxygens (including phenoxy) is 1. The molecule has 0 spiro atoms. The third-order valence-corrected chi connectivity index (χ3v) is 3.46. The van der Waals surface area contributed by atoms with Crippen molar-refractivity contribution < 1.29 is 14.2 Å². The van der Waals surface area contributed by atoms with Crippen LogP contribution in [0.15, 0.2) is 18.2 Å². The van der Waals surface area contributed by atoms with Crippen LogP contribution in [0.25, 0.3) is 0 Å². The lowest BCUT2D eigenvalue weighted by molar-refractivity contribution is 0.142. The van der Waals surface area contributed by atoms with Crippen molar-refractivity contribution in [1.29, 1.82) is 0 Å². The second-order valence-corrected chi connectivity index (χ2v) is 4.73. The fourth-order valence-corrected chi connectivity index (χ4v) is 2.39. The Morgan fingerprint density at radius 3 is 2.88 bits per heavy atom. The molecule has 1 atom stereocenters. The lowest BCUT2D eigenvalue weighted by atomic mass is 9.81. The monoisotopic (exact) mass is 239 g/mol. The molecule has 1 unspecified atom stereocenters. The Morgan fingerprint density at radius 1 is 1.53 bits per heavy atom. The third-order valence-electron chi connectivity index (χ3n) is 3.46. The Balaban J connectivity index is 2.15. The molecule has 0 amide bonds. The quantitative estimate of drug-likeness (QED) is 0.833. The first kappa shape index (κ1) is 12.3. The van der Waals surface area contributed by atoms with Crippen molar-refractivity contribution in [3.8, 4) is 5.75 Å². The summed E-state index contributed by atoms with van der Waals surface area (Å²) < 4.78 is 18.4. The number of hydrogen-bond acceptors (Lipinski definition) is 3. The van der Waals surface area contributed by atoms with Crippen LogP contribution in [0.3, 0.4) is 0 Å². The summed E-state index contributed by atoms with van der Waals surface area (Å²) in [6.07, 6.45) is 1.62. The standard InChI is InChI=1S/C13H18FNO2/c1-17-12-3-2-10(6-11(12)14)7-13(9-16)4-5-15-8-13/h2-3,6,15-16H,4-5,7-9H2,1H3. The van der Waals surface area contributed by atoms with E-state index in [1.54, 1.807) is 6.07 Å². The van der Waals surface area contributed by atoms with Crippen LogP contribution in [0.4, 0.5) is 4.39 Å². The van der Waals surface area contributed by atoms with E-state index in [4.69, 9.17) is 4.74 Å². The van der Waals surface area contributed by atoms with Crippen LogP contribution >= 0.6 is 0 Å². The Hall–Kier alpha value is -1.13. The van der Waals surface area contributed by atoms with Crippen LogP contribution < -0.4 is 10.1 Å². The minimum atomic E-state index is -0.343. The molecule has 0 bridgehead atoms. The number of benzene rings is 1. The molecular formula is C13H18FNO2. The van der Waals surface area contributed by atoms with Gasteiger partial charge < -0.3 is 15.2 Å². The van der Waals surface area contributed by atoms with Gasteiger partial charge in [-0.1, -0.05) is 6.07 Å². The number of hydrogen-bond donors (Lipinski definition) is 2. The van der Waals surface area contributed by atoms with Crippen LogP contribution in [0.2, 0.25) is 0 Å². The van der Waals surface area contributed by atoms with Gasteiger partial charge in [-0.15, -0.1) is 0 Å². The molecule has 1 aromatic rings. The number of methoxy groups -OCH3 is 1. The predicted octanol–water partition coefficient (Wildman–Crippen LogP) is 1.35. The zero-order valence-electron chi connectivity index (χ0n) is 10.0. The molecule has 2 N–H and O–H groups in total. The van der Waals surface area contributed by atoms with Crippen LogP contribution in [0.1, 0.15) is 12.0 Å². The van der Waals surface area contributed by atoms with Crippen molar-refractivity contribution >= 4 is 0 Å². The number of aliphatic hydroxyl groups is 1. The Kier molecular flexibility index (Phi) is 3.64. The van der Waals surface area contributed by atoms with Gasteiger partial charge >= 0.3 is 0 Å². The fourth-order valence-electron chi connectivity index (χ4n) is 2.39. The topological polar surface area (TPSA) is 41.5 Å². The summed E-state index contributed by atoms with van der Waals surface area (Å²) in [6, 6.07) is 4.99. The zero-order valence-corrected chi connectivity index (χ0v) is 10.0. The van der Waals surface area contributed by atoms with Gasteiger partial charge in [-0.3, -0.25) is 0 Å². The van der Waals surface area contributed by atoms with Crippen LogP contribution in [0, 0.1) is 11.2 Å². The van der Waals surface area contributed by atoms with Gasteiger partial charge in [0.15, 0.2) is 11.6 Å². The molecule has 0 radical (unpaired) electrons. The van der Waals surface area contributed by atoms with E-state index < -0.39 is 0 Å². The van der Waals surface area contributed by atoms with E-state index in [1.165, 1.54) is 13.2 Å². The highest BCUT2D eigenvalue weighted by atomic mass is 19.1. The fraction of sp³-hybridized carbons (Fsp3) is 0.538. The van der Waals surface area contributed by atoms with E-state index in [0.717, 1.165) is 25.1 Å². The van der Waals surface area contributed by atoms with Crippen molar-refractivity contribution in [1.82, 2.24) is 5.32 Å². The highest BCUT2D eigenvalue weighted by molar-refractivity contribution is 5.30. The van der Waals surface area contributed by atoms with Crippen molar-refractivity contribution in [3.05, 3.63) is 29.6 Å².